The van der Waals surface area contributed by atoms with Crippen LogP contribution in [0.2, 0.25) is 0 Å². The molecule has 0 aliphatic carbocycles. The largest absolute Gasteiger partial charge is 0.369 e. The summed E-state index contributed by atoms with van der Waals surface area (Å²) in [6, 6.07) is 6.10. The van der Waals surface area contributed by atoms with E-state index in [1.165, 1.54) is 11.3 Å². The van der Waals surface area contributed by atoms with Crippen LogP contribution in [0.25, 0.3) is 0 Å². The molecule has 1 saturated heterocycles. The maximum atomic E-state index is 12.1. The van der Waals surface area contributed by atoms with Gasteiger partial charge in [0.25, 0.3) is 0 Å². The fourth-order valence-electron chi connectivity index (χ4n) is 3.07. The average molecular weight is 375 g/mol. The zero-order valence-corrected chi connectivity index (χ0v) is 17.4. The second kappa shape index (κ2) is 9.22. The van der Waals surface area contributed by atoms with Crippen LogP contribution in [0, 0.1) is 12.3 Å². The molecule has 1 aromatic rings. The summed E-state index contributed by atoms with van der Waals surface area (Å²) in [4.78, 5) is 28.7. The van der Waals surface area contributed by atoms with Gasteiger partial charge in [0.2, 0.25) is 11.8 Å². The molecular formula is C21H34N4O2. The molecule has 0 spiro atoms. The van der Waals surface area contributed by atoms with Crippen LogP contribution in [0.15, 0.2) is 18.2 Å². The van der Waals surface area contributed by atoms with Crippen molar-refractivity contribution in [2.75, 3.05) is 50.0 Å². The molecule has 1 fully saturated rings. The summed E-state index contributed by atoms with van der Waals surface area (Å²) in [5, 5.41) is 5.83. The Labute approximate surface area is 163 Å². The number of hydrogen-bond donors (Lipinski definition) is 2. The molecule has 1 aromatic carbocycles. The number of aryl methyl sites for hydroxylation is 1. The molecule has 0 saturated carbocycles. The summed E-state index contributed by atoms with van der Waals surface area (Å²) in [6.07, 6.45) is 1.02. The van der Waals surface area contributed by atoms with Crippen molar-refractivity contribution in [3.05, 3.63) is 23.8 Å². The molecule has 1 heterocycles. The fraction of sp³-hybridized carbons (Fsp3) is 0.619. The highest BCUT2D eigenvalue weighted by molar-refractivity contribution is 5.91. The Bertz CT molecular complexity index is 659. The van der Waals surface area contributed by atoms with Gasteiger partial charge in [-0.2, -0.15) is 0 Å². The van der Waals surface area contributed by atoms with Crippen LogP contribution >= 0.6 is 0 Å². The van der Waals surface area contributed by atoms with Gasteiger partial charge in [0.1, 0.15) is 0 Å². The van der Waals surface area contributed by atoms with Gasteiger partial charge >= 0.3 is 0 Å². The minimum absolute atomic E-state index is 0.0121. The standard InChI is InChI=1S/C21H34N4O2/c1-16-15-17(8-9-18(16)25-13-11-24(5)12-14-25)23-19(26)7-6-10-22-20(27)21(2,3)4/h8-9,15H,6-7,10-14H2,1-5H3,(H,22,27)(H,23,26). The number of nitrogens with zero attached hydrogens (tertiary/aromatic N) is 2. The zero-order valence-electron chi connectivity index (χ0n) is 17.4. The lowest BCUT2D eigenvalue weighted by atomic mass is 9.96. The number of amides is 2. The fourth-order valence-corrected chi connectivity index (χ4v) is 3.07. The van der Waals surface area contributed by atoms with E-state index in [0.29, 0.717) is 19.4 Å². The first-order valence-electron chi connectivity index (χ1n) is 9.79. The molecule has 0 bridgehead atoms. The van der Waals surface area contributed by atoms with Crippen molar-refractivity contribution in [3.63, 3.8) is 0 Å². The topological polar surface area (TPSA) is 64.7 Å². The van der Waals surface area contributed by atoms with Gasteiger partial charge in [-0.3, -0.25) is 9.59 Å². The normalized spacial score (nSPS) is 15.5. The van der Waals surface area contributed by atoms with Crippen LogP contribution in [0.1, 0.15) is 39.2 Å². The van der Waals surface area contributed by atoms with Gasteiger partial charge in [0.15, 0.2) is 0 Å². The molecule has 0 radical (unpaired) electrons. The number of carbonyl (C=O) groups excluding carboxylic acids is 2. The number of piperazine rings is 1. The lowest BCUT2D eigenvalue weighted by Crippen LogP contribution is -2.44. The number of hydrogen-bond acceptors (Lipinski definition) is 4. The minimum atomic E-state index is -0.398. The van der Waals surface area contributed by atoms with Gasteiger partial charge in [-0.15, -0.1) is 0 Å². The summed E-state index contributed by atoms with van der Waals surface area (Å²) >= 11 is 0. The van der Waals surface area contributed by atoms with Gasteiger partial charge in [-0.25, -0.2) is 0 Å². The van der Waals surface area contributed by atoms with Crippen LogP contribution in [0.3, 0.4) is 0 Å². The maximum Gasteiger partial charge on any atom is 0.225 e. The molecule has 2 amide bonds. The highest BCUT2D eigenvalue weighted by atomic mass is 16.2. The predicted molar refractivity (Wildman–Crippen MR) is 111 cm³/mol. The van der Waals surface area contributed by atoms with Crippen LogP contribution in [0.4, 0.5) is 11.4 Å². The summed E-state index contributed by atoms with van der Waals surface area (Å²) in [5.41, 5.74) is 2.85. The van der Waals surface area contributed by atoms with Crippen LogP contribution in [0.5, 0.6) is 0 Å². The van der Waals surface area contributed by atoms with Crippen molar-refractivity contribution < 1.29 is 9.59 Å². The Balaban J connectivity index is 1.79. The Morgan fingerprint density at radius 1 is 1.11 bits per heavy atom. The van der Waals surface area contributed by atoms with Gasteiger partial charge < -0.3 is 20.4 Å². The summed E-state index contributed by atoms with van der Waals surface area (Å²) in [7, 11) is 2.15. The first-order valence-corrected chi connectivity index (χ1v) is 9.79. The van der Waals surface area contributed by atoms with Crippen molar-refractivity contribution >= 4 is 23.2 Å². The molecule has 150 valence electrons. The Morgan fingerprint density at radius 2 is 1.78 bits per heavy atom. The van der Waals surface area contributed by atoms with E-state index in [4.69, 9.17) is 0 Å². The third-order valence-corrected chi connectivity index (χ3v) is 4.87. The summed E-state index contributed by atoms with van der Waals surface area (Å²) in [6.45, 7) is 12.5. The van der Waals surface area contributed by atoms with E-state index in [9.17, 15) is 9.59 Å². The van der Waals surface area contributed by atoms with Crippen molar-refractivity contribution in [1.29, 1.82) is 0 Å². The van der Waals surface area contributed by atoms with Crippen LogP contribution in [-0.4, -0.2) is 56.5 Å². The number of benzene rings is 1. The molecule has 1 aliphatic heterocycles. The van der Waals surface area contributed by atoms with E-state index in [-0.39, 0.29) is 11.8 Å². The number of rotatable bonds is 6. The Hall–Kier alpha value is -2.08. The summed E-state index contributed by atoms with van der Waals surface area (Å²) < 4.78 is 0. The van der Waals surface area contributed by atoms with Crippen molar-refractivity contribution in [1.82, 2.24) is 10.2 Å². The maximum absolute atomic E-state index is 12.1. The lowest BCUT2D eigenvalue weighted by Gasteiger charge is -2.35. The van der Waals surface area contributed by atoms with E-state index < -0.39 is 5.41 Å². The van der Waals surface area contributed by atoms with Crippen LogP contribution in [-0.2, 0) is 9.59 Å². The van der Waals surface area contributed by atoms with E-state index in [1.807, 2.05) is 32.9 Å². The van der Waals surface area contributed by atoms with Gasteiger partial charge in [-0.05, 0) is 44.2 Å². The van der Waals surface area contributed by atoms with E-state index in [1.54, 1.807) is 0 Å². The van der Waals surface area contributed by atoms with Crippen molar-refractivity contribution in [2.45, 2.75) is 40.5 Å². The van der Waals surface area contributed by atoms with E-state index in [0.717, 1.165) is 31.9 Å². The first-order chi connectivity index (χ1) is 12.7. The van der Waals surface area contributed by atoms with E-state index in [2.05, 4.69) is 40.5 Å². The second-order valence-electron chi connectivity index (χ2n) is 8.45. The molecule has 27 heavy (non-hydrogen) atoms. The molecule has 2 rings (SSSR count). The Morgan fingerprint density at radius 3 is 2.37 bits per heavy atom. The minimum Gasteiger partial charge on any atom is -0.369 e. The molecule has 0 aromatic heterocycles. The number of anilines is 2. The van der Waals surface area contributed by atoms with E-state index >= 15 is 0 Å². The monoisotopic (exact) mass is 374 g/mol. The third-order valence-electron chi connectivity index (χ3n) is 4.87. The number of nitrogens with one attached hydrogen (secondary N) is 2. The molecule has 0 unspecified atom stereocenters. The molecule has 2 N–H and O–H groups in total. The third kappa shape index (κ3) is 6.54. The smallest absolute Gasteiger partial charge is 0.225 e. The van der Waals surface area contributed by atoms with Crippen molar-refractivity contribution in [3.8, 4) is 0 Å². The molecule has 1 aliphatic rings. The highest BCUT2D eigenvalue weighted by Gasteiger charge is 2.20. The molecule has 6 nitrogen and oxygen atoms in total. The molecular weight excluding hydrogens is 340 g/mol. The summed E-state index contributed by atoms with van der Waals surface area (Å²) in [5.74, 6) is -0.00946. The first kappa shape index (κ1) is 21.2. The molecule has 6 heteroatoms. The Kier molecular flexibility index (Phi) is 7.25. The molecule has 0 atom stereocenters. The van der Waals surface area contributed by atoms with Crippen molar-refractivity contribution in [2.24, 2.45) is 5.41 Å². The second-order valence-corrected chi connectivity index (χ2v) is 8.45. The number of carbonyl (C=O) groups is 2. The number of likely N-dealkylation sites (N-methyl/N-ethyl adjacent to an activating group) is 1. The quantitative estimate of drug-likeness (QED) is 0.752. The van der Waals surface area contributed by atoms with Gasteiger partial charge in [-0.1, -0.05) is 20.8 Å². The average Bonchev–Trinajstić information content (AvgIpc) is 2.59. The lowest BCUT2D eigenvalue weighted by molar-refractivity contribution is -0.128. The van der Waals surface area contributed by atoms with Gasteiger partial charge in [0, 0.05) is 55.9 Å². The SMILES string of the molecule is Cc1cc(NC(=O)CCCNC(=O)C(C)(C)C)ccc1N1CCN(C)CC1. The van der Waals surface area contributed by atoms with Gasteiger partial charge in [0.05, 0.1) is 0 Å². The predicted octanol–water partition coefficient (Wildman–Crippen LogP) is 2.63. The van der Waals surface area contributed by atoms with Crippen LogP contribution < -0.4 is 15.5 Å². The zero-order chi connectivity index (χ0) is 20.0. The highest BCUT2D eigenvalue weighted by Crippen LogP contribution is 2.24.